The molecule has 0 amide bonds. The lowest BCUT2D eigenvalue weighted by atomic mass is 9.95. The number of hydrogen-bond donors (Lipinski definition) is 1. The number of rotatable bonds is 3. The van der Waals surface area contributed by atoms with Crippen LogP contribution < -0.4 is 5.73 Å². The summed E-state index contributed by atoms with van der Waals surface area (Å²) in [5.74, 6) is 0. The van der Waals surface area contributed by atoms with Crippen molar-refractivity contribution in [3.05, 3.63) is 17.0 Å². The van der Waals surface area contributed by atoms with Crippen LogP contribution in [-0.2, 0) is 6.42 Å². The van der Waals surface area contributed by atoms with Gasteiger partial charge in [0.15, 0.2) is 0 Å². The SMILES string of the molecule is Cc1nn(C(C)C)c(C)c1CC(C)(C)N. The van der Waals surface area contributed by atoms with Gasteiger partial charge in [-0.25, -0.2) is 0 Å². The van der Waals surface area contributed by atoms with E-state index in [0.717, 1.165) is 12.1 Å². The standard InChI is InChI=1S/C12H23N3/c1-8(2)15-10(4)11(9(3)14-15)7-12(5,6)13/h8H,7,13H2,1-6H3. The first-order chi connectivity index (χ1) is 6.72. The van der Waals surface area contributed by atoms with Gasteiger partial charge in [-0.2, -0.15) is 5.10 Å². The Morgan fingerprint density at radius 1 is 1.33 bits per heavy atom. The summed E-state index contributed by atoms with van der Waals surface area (Å²) in [5.41, 5.74) is 9.55. The summed E-state index contributed by atoms with van der Waals surface area (Å²) < 4.78 is 2.08. The molecular weight excluding hydrogens is 186 g/mol. The van der Waals surface area contributed by atoms with Gasteiger partial charge in [-0.1, -0.05) is 0 Å². The van der Waals surface area contributed by atoms with Gasteiger partial charge in [0.05, 0.1) is 5.69 Å². The van der Waals surface area contributed by atoms with Crippen LogP contribution in [0, 0.1) is 13.8 Å². The molecule has 2 N–H and O–H groups in total. The van der Waals surface area contributed by atoms with E-state index >= 15 is 0 Å². The van der Waals surface area contributed by atoms with Gasteiger partial charge in [0.1, 0.15) is 0 Å². The van der Waals surface area contributed by atoms with Crippen molar-refractivity contribution in [2.75, 3.05) is 0 Å². The molecule has 0 unspecified atom stereocenters. The van der Waals surface area contributed by atoms with Crippen LogP contribution in [0.3, 0.4) is 0 Å². The topological polar surface area (TPSA) is 43.8 Å². The smallest absolute Gasteiger partial charge is 0.0629 e. The molecule has 0 aromatic carbocycles. The maximum atomic E-state index is 6.05. The first-order valence-corrected chi connectivity index (χ1v) is 5.56. The van der Waals surface area contributed by atoms with Crippen LogP contribution in [0.15, 0.2) is 0 Å². The first kappa shape index (κ1) is 12.2. The van der Waals surface area contributed by atoms with Crippen molar-refractivity contribution in [1.29, 1.82) is 0 Å². The molecule has 86 valence electrons. The fourth-order valence-electron chi connectivity index (χ4n) is 1.91. The lowest BCUT2D eigenvalue weighted by Gasteiger charge is -2.18. The number of nitrogens with zero attached hydrogens (tertiary/aromatic N) is 2. The largest absolute Gasteiger partial charge is 0.325 e. The predicted octanol–water partition coefficient (Wildman–Crippen LogP) is 2.36. The molecule has 1 aromatic rings. The van der Waals surface area contributed by atoms with E-state index in [4.69, 9.17) is 5.73 Å². The van der Waals surface area contributed by atoms with E-state index in [1.54, 1.807) is 0 Å². The van der Waals surface area contributed by atoms with Crippen LogP contribution in [0.5, 0.6) is 0 Å². The Bertz CT molecular complexity index is 342. The summed E-state index contributed by atoms with van der Waals surface area (Å²) in [7, 11) is 0. The fourth-order valence-corrected chi connectivity index (χ4v) is 1.91. The second-order valence-corrected chi connectivity index (χ2v) is 5.35. The number of hydrogen-bond acceptors (Lipinski definition) is 2. The molecule has 0 saturated carbocycles. The number of nitrogens with two attached hydrogens (primary N) is 1. The van der Waals surface area contributed by atoms with Gasteiger partial charge in [0.25, 0.3) is 0 Å². The lowest BCUT2D eigenvalue weighted by molar-refractivity contribution is 0.503. The molecule has 1 rings (SSSR count). The maximum absolute atomic E-state index is 6.05. The monoisotopic (exact) mass is 209 g/mol. The normalized spacial score (nSPS) is 12.5. The van der Waals surface area contributed by atoms with Crippen molar-refractivity contribution < 1.29 is 0 Å². The highest BCUT2D eigenvalue weighted by Gasteiger charge is 2.19. The molecule has 1 aromatic heterocycles. The van der Waals surface area contributed by atoms with E-state index < -0.39 is 0 Å². The van der Waals surface area contributed by atoms with E-state index in [2.05, 4.69) is 51.3 Å². The third-order valence-electron chi connectivity index (χ3n) is 2.60. The Kier molecular flexibility index (Phi) is 3.24. The summed E-state index contributed by atoms with van der Waals surface area (Å²) in [6.45, 7) is 12.6. The highest BCUT2D eigenvalue weighted by atomic mass is 15.3. The summed E-state index contributed by atoms with van der Waals surface area (Å²) >= 11 is 0. The molecule has 1 heterocycles. The van der Waals surface area contributed by atoms with Crippen LogP contribution in [-0.4, -0.2) is 15.3 Å². The van der Waals surface area contributed by atoms with Crippen molar-refractivity contribution in [2.24, 2.45) is 5.73 Å². The molecule has 0 aliphatic carbocycles. The molecule has 0 spiro atoms. The Morgan fingerprint density at radius 2 is 1.87 bits per heavy atom. The third kappa shape index (κ3) is 2.81. The average molecular weight is 209 g/mol. The minimum absolute atomic E-state index is 0.166. The van der Waals surface area contributed by atoms with E-state index in [9.17, 15) is 0 Å². The van der Waals surface area contributed by atoms with E-state index in [1.165, 1.54) is 11.3 Å². The van der Waals surface area contributed by atoms with Gasteiger partial charge in [0.2, 0.25) is 0 Å². The zero-order valence-corrected chi connectivity index (χ0v) is 10.8. The zero-order valence-electron chi connectivity index (χ0n) is 10.8. The van der Waals surface area contributed by atoms with Crippen molar-refractivity contribution in [1.82, 2.24) is 9.78 Å². The van der Waals surface area contributed by atoms with Crippen LogP contribution >= 0.6 is 0 Å². The fraction of sp³-hybridized carbons (Fsp3) is 0.750. The second kappa shape index (κ2) is 3.97. The number of aromatic nitrogens is 2. The average Bonchev–Trinajstić information content (AvgIpc) is 2.29. The Hall–Kier alpha value is -0.830. The van der Waals surface area contributed by atoms with Crippen LogP contribution in [0.1, 0.15) is 50.7 Å². The predicted molar refractivity (Wildman–Crippen MR) is 64.1 cm³/mol. The van der Waals surface area contributed by atoms with Gasteiger partial charge in [-0.05, 0) is 53.5 Å². The molecule has 0 saturated heterocycles. The molecule has 0 radical (unpaired) electrons. The summed E-state index contributed by atoms with van der Waals surface area (Å²) in [4.78, 5) is 0. The highest BCUT2D eigenvalue weighted by molar-refractivity contribution is 5.26. The molecule has 3 nitrogen and oxygen atoms in total. The molecule has 15 heavy (non-hydrogen) atoms. The first-order valence-electron chi connectivity index (χ1n) is 5.56. The van der Waals surface area contributed by atoms with Crippen molar-refractivity contribution in [3.8, 4) is 0 Å². The lowest BCUT2D eigenvalue weighted by Crippen LogP contribution is -2.34. The van der Waals surface area contributed by atoms with E-state index in [-0.39, 0.29) is 5.54 Å². The second-order valence-electron chi connectivity index (χ2n) is 5.35. The minimum Gasteiger partial charge on any atom is -0.325 e. The van der Waals surface area contributed by atoms with Gasteiger partial charge in [-0.15, -0.1) is 0 Å². The molecule has 3 heteroatoms. The molecule has 0 atom stereocenters. The maximum Gasteiger partial charge on any atom is 0.0629 e. The Labute approximate surface area is 92.7 Å². The van der Waals surface area contributed by atoms with Crippen LogP contribution in [0.2, 0.25) is 0 Å². The van der Waals surface area contributed by atoms with Gasteiger partial charge >= 0.3 is 0 Å². The van der Waals surface area contributed by atoms with E-state index in [0.29, 0.717) is 6.04 Å². The van der Waals surface area contributed by atoms with Gasteiger partial charge in [0, 0.05) is 17.3 Å². The third-order valence-corrected chi connectivity index (χ3v) is 2.60. The van der Waals surface area contributed by atoms with Crippen molar-refractivity contribution >= 4 is 0 Å². The zero-order chi connectivity index (χ0) is 11.8. The molecule has 0 aliphatic heterocycles. The quantitative estimate of drug-likeness (QED) is 0.830. The highest BCUT2D eigenvalue weighted by Crippen LogP contribution is 2.20. The molecule has 0 aliphatic rings. The molecule has 0 fully saturated rings. The molecular formula is C12H23N3. The summed E-state index contributed by atoms with van der Waals surface area (Å²) in [6.07, 6.45) is 0.886. The van der Waals surface area contributed by atoms with Crippen LogP contribution in [0.25, 0.3) is 0 Å². The Balaban J connectivity index is 3.09. The van der Waals surface area contributed by atoms with Crippen molar-refractivity contribution in [3.63, 3.8) is 0 Å². The van der Waals surface area contributed by atoms with Gasteiger partial charge < -0.3 is 5.73 Å². The Morgan fingerprint density at radius 3 is 2.20 bits per heavy atom. The van der Waals surface area contributed by atoms with Crippen molar-refractivity contribution in [2.45, 2.75) is 59.5 Å². The number of aryl methyl sites for hydroxylation is 1. The summed E-state index contributed by atoms with van der Waals surface area (Å²) in [5, 5.41) is 4.55. The minimum atomic E-state index is -0.166. The van der Waals surface area contributed by atoms with Crippen LogP contribution in [0.4, 0.5) is 0 Å². The van der Waals surface area contributed by atoms with Gasteiger partial charge in [-0.3, -0.25) is 4.68 Å². The summed E-state index contributed by atoms with van der Waals surface area (Å²) in [6, 6.07) is 0.415. The van der Waals surface area contributed by atoms with E-state index in [1.807, 2.05) is 0 Å². The molecule has 0 bridgehead atoms.